The molecular formula is C15H25NO. The maximum Gasteiger partial charge on any atom is 0.212 e. The van der Waals surface area contributed by atoms with Crippen LogP contribution in [0.25, 0.3) is 0 Å². The first kappa shape index (κ1) is 14.0. The molecule has 1 unspecified atom stereocenters. The van der Waals surface area contributed by atoms with E-state index in [4.69, 9.17) is 4.74 Å². The van der Waals surface area contributed by atoms with Gasteiger partial charge in [0.15, 0.2) is 0 Å². The van der Waals surface area contributed by atoms with Crippen LogP contribution in [0.4, 0.5) is 0 Å². The Morgan fingerprint density at radius 3 is 2.53 bits per heavy atom. The van der Waals surface area contributed by atoms with Crippen LogP contribution in [0.1, 0.15) is 63.9 Å². The van der Waals surface area contributed by atoms with Crippen molar-refractivity contribution in [2.75, 3.05) is 7.11 Å². The first-order valence-corrected chi connectivity index (χ1v) is 6.81. The van der Waals surface area contributed by atoms with Gasteiger partial charge in [0, 0.05) is 12.3 Å². The summed E-state index contributed by atoms with van der Waals surface area (Å²) >= 11 is 0. The number of hydrogen-bond acceptors (Lipinski definition) is 2. The second kappa shape index (κ2) is 8.10. The molecular weight excluding hydrogens is 210 g/mol. The van der Waals surface area contributed by atoms with Gasteiger partial charge in [-0.1, -0.05) is 45.6 Å². The van der Waals surface area contributed by atoms with Gasteiger partial charge in [-0.15, -0.1) is 0 Å². The number of nitrogens with zero attached hydrogens (tertiary/aromatic N) is 1. The molecule has 1 aromatic rings. The smallest absolute Gasteiger partial charge is 0.212 e. The molecule has 0 bridgehead atoms. The van der Waals surface area contributed by atoms with Gasteiger partial charge < -0.3 is 4.74 Å². The van der Waals surface area contributed by atoms with E-state index < -0.39 is 0 Å². The molecule has 0 saturated carbocycles. The molecule has 2 nitrogen and oxygen atoms in total. The van der Waals surface area contributed by atoms with Crippen LogP contribution in [0.5, 0.6) is 5.88 Å². The van der Waals surface area contributed by atoms with Crippen LogP contribution in [0.2, 0.25) is 0 Å². The van der Waals surface area contributed by atoms with E-state index in [0.717, 1.165) is 0 Å². The Labute approximate surface area is 105 Å². The van der Waals surface area contributed by atoms with Crippen molar-refractivity contribution in [2.45, 2.75) is 58.3 Å². The summed E-state index contributed by atoms with van der Waals surface area (Å²) in [5.41, 5.74) is 1.35. The average Bonchev–Trinajstić information content (AvgIpc) is 2.39. The van der Waals surface area contributed by atoms with Gasteiger partial charge in [-0.25, -0.2) is 4.98 Å². The van der Waals surface area contributed by atoms with Gasteiger partial charge in [0.2, 0.25) is 5.88 Å². The monoisotopic (exact) mass is 235 g/mol. The second-order valence-electron chi connectivity index (χ2n) is 4.59. The lowest BCUT2D eigenvalue weighted by atomic mass is 9.92. The molecule has 0 fully saturated rings. The van der Waals surface area contributed by atoms with Crippen molar-refractivity contribution in [3.63, 3.8) is 0 Å². The molecule has 1 aromatic heterocycles. The molecule has 0 amide bonds. The van der Waals surface area contributed by atoms with Crippen LogP contribution in [-0.2, 0) is 0 Å². The van der Waals surface area contributed by atoms with Crippen molar-refractivity contribution >= 4 is 0 Å². The Morgan fingerprint density at radius 1 is 1.18 bits per heavy atom. The summed E-state index contributed by atoms with van der Waals surface area (Å²) in [5.74, 6) is 1.36. The van der Waals surface area contributed by atoms with Crippen LogP contribution in [0.3, 0.4) is 0 Å². The number of hydrogen-bond donors (Lipinski definition) is 0. The zero-order valence-corrected chi connectivity index (χ0v) is 11.4. The summed E-state index contributed by atoms with van der Waals surface area (Å²) in [7, 11) is 1.66. The average molecular weight is 235 g/mol. The minimum atomic E-state index is 0.658. The second-order valence-corrected chi connectivity index (χ2v) is 4.59. The lowest BCUT2D eigenvalue weighted by Gasteiger charge is -2.15. The number of methoxy groups -OCH3 is 1. The van der Waals surface area contributed by atoms with Crippen LogP contribution in [-0.4, -0.2) is 12.1 Å². The standard InChI is InChI=1S/C15H25NO/c1-4-6-7-8-9-13(5-2)14-10-11-15(17-3)16-12-14/h10-13H,4-9H2,1-3H3. The van der Waals surface area contributed by atoms with E-state index in [1.54, 1.807) is 7.11 Å². The van der Waals surface area contributed by atoms with Crippen LogP contribution < -0.4 is 4.74 Å². The minimum Gasteiger partial charge on any atom is -0.481 e. The van der Waals surface area contributed by atoms with E-state index in [0.29, 0.717) is 11.8 Å². The van der Waals surface area contributed by atoms with Crippen molar-refractivity contribution in [1.29, 1.82) is 0 Å². The highest BCUT2D eigenvalue weighted by molar-refractivity contribution is 5.21. The number of rotatable bonds is 8. The van der Waals surface area contributed by atoms with Gasteiger partial charge in [0.05, 0.1) is 7.11 Å². The Kier molecular flexibility index (Phi) is 6.68. The molecule has 0 aliphatic rings. The van der Waals surface area contributed by atoms with E-state index in [2.05, 4.69) is 24.9 Å². The first-order valence-electron chi connectivity index (χ1n) is 6.81. The van der Waals surface area contributed by atoms with Crippen molar-refractivity contribution in [2.24, 2.45) is 0 Å². The summed E-state index contributed by atoms with van der Waals surface area (Å²) in [6, 6.07) is 4.11. The number of unbranched alkanes of at least 4 members (excludes halogenated alkanes) is 3. The largest absolute Gasteiger partial charge is 0.481 e. The molecule has 0 saturated heterocycles. The molecule has 1 rings (SSSR count). The third kappa shape index (κ3) is 4.76. The molecule has 0 radical (unpaired) electrons. The van der Waals surface area contributed by atoms with Gasteiger partial charge >= 0.3 is 0 Å². The van der Waals surface area contributed by atoms with Crippen LogP contribution in [0, 0.1) is 0 Å². The number of pyridine rings is 1. The van der Waals surface area contributed by atoms with Crippen LogP contribution in [0.15, 0.2) is 18.3 Å². The van der Waals surface area contributed by atoms with Crippen molar-refractivity contribution < 1.29 is 4.74 Å². The van der Waals surface area contributed by atoms with Gasteiger partial charge in [0.25, 0.3) is 0 Å². The topological polar surface area (TPSA) is 22.1 Å². The van der Waals surface area contributed by atoms with Gasteiger partial charge in [-0.3, -0.25) is 0 Å². The molecule has 0 N–H and O–H groups in total. The maximum absolute atomic E-state index is 5.08. The van der Waals surface area contributed by atoms with E-state index >= 15 is 0 Å². The summed E-state index contributed by atoms with van der Waals surface area (Å²) in [4.78, 5) is 4.29. The van der Waals surface area contributed by atoms with E-state index in [1.165, 1.54) is 44.1 Å². The Morgan fingerprint density at radius 2 is 2.00 bits per heavy atom. The number of ether oxygens (including phenoxy) is 1. The zero-order chi connectivity index (χ0) is 12.5. The highest BCUT2D eigenvalue weighted by Gasteiger charge is 2.09. The van der Waals surface area contributed by atoms with Gasteiger partial charge in [0.1, 0.15) is 0 Å². The third-order valence-electron chi connectivity index (χ3n) is 3.34. The first-order chi connectivity index (χ1) is 8.31. The molecule has 2 heteroatoms. The molecule has 0 aromatic carbocycles. The Hall–Kier alpha value is -1.05. The molecule has 1 atom stereocenters. The lowest BCUT2D eigenvalue weighted by molar-refractivity contribution is 0.397. The zero-order valence-electron chi connectivity index (χ0n) is 11.4. The minimum absolute atomic E-state index is 0.658. The van der Waals surface area contributed by atoms with E-state index in [-0.39, 0.29) is 0 Å². The molecule has 0 aliphatic carbocycles. The summed E-state index contributed by atoms with van der Waals surface area (Å²) in [6.45, 7) is 4.51. The normalized spacial score (nSPS) is 12.4. The van der Waals surface area contributed by atoms with E-state index in [1.807, 2.05) is 12.3 Å². The molecule has 17 heavy (non-hydrogen) atoms. The quantitative estimate of drug-likeness (QED) is 0.616. The lowest BCUT2D eigenvalue weighted by Crippen LogP contribution is -1.99. The fourth-order valence-corrected chi connectivity index (χ4v) is 2.18. The van der Waals surface area contributed by atoms with Gasteiger partial charge in [-0.2, -0.15) is 0 Å². The SMILES string of the molecule is CCCCCCC(CC)c1ccc(OC)nc1. The number of aromatic nitrogens is 1. The molecule has 0 spiro atoms. The summed E-state index contributed by atoms with van der Waals surface area (Å²) in [6.07, 6.45) is 9.80. The molecule has 1 heterocycles. The predicted octanol–water partition coefficient (Wildman–Crippen LogP) is 4.55. The van der Waals surface area contributed by atoms with Crippen molar-refractivity contribution in [1.82, 2.24) is 4.98 Å². The molecule has 0 aliphatic heterocycles. The molecule has 96 valence electrons. The summed E-state index contributed by atoms with van der Waals surface area (Å²) < 4.78 is 5.08. The maximum atomic E-state index is 5.08. The van der Waals surface area contributed by atoms with E-state index in [9.17, 15) is 0 Å². The highest BCUT2D eigenvalue weighted by Crippen LogP contribution is 2.26. The fraction of sp³-hybridized carbons (Fsp3) is 0.667. The summed E-state index contributed by atoms with van der Waals surface area (Å²) in [5, 5.41) is 0. The third-order valence-corrected chi connectivity index (χ3v) is 3.34. The Bertz CT molecular complexity index is 294. The highest BCUT2D eigenvalue weighted by atomic mass is 16.5. The van der Waals surface area contributed by atoms with Crippen molar-refractivity contribution in [3.05, 3.63) is 23.9 Å². The Balaban J connectivity index is 2.47. The van der Waals surface area contributed by atoms with Gasteiger partial charge in [-0.05, 0) is 24.3 Å². The predicted molar refractivity (Wildman–Crippen MR) is 72.6 cm³/mol. The van der Waals surface area contributed by atoms with Crippen LogP contribution >= 0.6 is 0 Å². The van der Waals surface area contributed by atoms with Crippen molar-refractivity contribution in [3.8, 4) is 5.88 Å². The fourth-order valence-electron chi connectivity index (χ4n) is 2.18.